The van der Waals surface area contributed by atoms with Crippen LogP contribution in [0.25, 0.3) is 0 Å². The number of hydrogen-bond acceptors (Lipinski definition) is 3. The molecule has 1 aliphatic carbocycles. The van der Waals surface area contributed by atoms with Crippen LogP contribution < -0.4 is 0 Å². The lowest BCUT2D eigenvalue weighted by molar-refractivity contribution is 0.0857. The second-order valence-electron chi connectivity index (χ2n) is 5.25. The molecule has 0 radical (unpaired) electrons. The zero-order valence-electron chi connectivity index (χ0n) is 10.7. The molecule has 5 heteroatoms. The molecule has 0 N–H and O–H groups in total. The highest BCUT2D eigenvalue weighted by Gasteiger charge is 2.36. The van der Waals surface area contributed by atoms with Crippen LogP contribution in [0.4, 0.5) is 0 Å². The molecule has 2 atom stereocenters. The van der Waals surface area contributed by atoms with Crippen molar-refractivity contribution >= 4 is 39.7 Å². The van der Waals surface area contributed by atoms with Crippen LogP contribution in [0.1, 0.15) is 36.8 Å². The summed E-state index contributed by atoms with van der Waals surface area (Å²) >= 11 is 5.38. The molecule has 1 saturated heterocycles. The summed E-state index contributed by atoms with van der Waals surface area (Å²) in [6.45, 7) is 4.88. The Labute approximate surface area is 128 Å². The van der Waals surface area contributed by atoms with E-state index in [9.17, 15) is 0 Å². The number of thiazole rings is 1. The van der Waals surface area contributed by atoms with Gasteiger partial charge in [-0.05, 0) is 67.0 Å². The fourth-order valence-electron chi connectivity index (χ4n) is 3.42. The van der Waals surface area contributed by atoms with Crippen molar-refractivity contribution in [1.82, 2.24) is 9.88 Å². The molecule has 2 nitrogen and oxygen atoms in total. The Kier molecular flexibility index (Phi) is 5.09. The van der Waals surface area contributed by atoms with Crippen LogP contribution >= 0.6 is 39.7 Å². The summed E-state index contributed by atoms with van der Waals surface area (Å²) in [6.07, 6.45) is 6.51. The van der Waals surface area contributed by atoms with Crippen molar-refractivity contribution in [2.75, 3.05) is 13.1 Å². The van der Waals surface area contributed by atoms with E-state index in [4.69, 9.17) is 0 Å². The van der Waals surface area contributed by atoms with Crippen LogP contribution in [-0.2, 0) is 12.8 Å². The largest absolute Gasteiger partial charge is 0.300 e. The lowest BCUT2D eigenvalue weighted by Gasteiger charge is -2.43. The summed E-state index contributed by atoms with van der Waals surface area (Å²) in [7, 11) is 0. The molecule has 102 valence electrons. The molecule has 1 aromatic heterocycles. The van der Waals surface area contributed by atoms with Crippen molar-refractivity contribution in [3.63, 3.8) is 0 Å². The maximum atomic E-state index is 4.63. The Morgan fingerprint density at radius 1 is 1.44 bits per heavy atom. The van der Waals surface area contributed by atoms with Gasteiger partial charge in [0.05, 0.1) is 5.69 Å². The van der Waals surface area contributed by atoms with Crippen molar-refractivity contribution in [3.8, 4) is 0 Å². The summed E-state index contributed by atoms with van der Waals surface area (Å²) in [5, 5.41) is 0. The van der Waals surface area contributed by atoms with Gasteiger partial charge in [-0.2, -0.15) is 0 Å². The minimum absolute atomic E-state index is 0. The van der Waals surface area contributed by atoms with Gasteiger partial charge < -0.3 is 0 Å². The number of likely N-dealkylation sites (tertiary alicyclic amines) is 1. The van der Waals surface area contributed by atoms with Gasteiger partial charge in [0.25, 0.3) is 0 Å². The zero-order chi connectivity index (χ0) is 11.8. The van der Waals surface area contributed by atoms with Crippen molar-refractivity contribution in [2.24, 2.45) is 5.92 Å². The first-order chi connectivity index (χ1) is 8.28. The lowest BCUT2D eigenvalue weighted by Crippen LogP contribution is -2.49. The Morgan fingerprint density at radius 2 is 2.28 bits per heavy atom. The Hall–Kier alpha value is 0.360. The predicted octanol–water partition coefficient (Wildman–Crippen LogP) is 3.92. The fourth-order valence-corrected chi connectivity index (χ4v) is 5.08. The Bertz CT molecular complexity index is 408. The highest BCUT2D eigenvalue weighted by molar-refractivity contribution is 9.11. The van der Waals surface area contributed by atoms with E-state index >= 15 is 0 Å². The molecular formula is C13H20BrClN2S. The third kappa shape index (κ3) is 2.77. The number of aromatic nitrogens is 1. The smallest absolute Gasteiger partial charge is 0.159 e. The maximum Gasteiger partial charge on any atom is 0.159 e. The number of halogens is 2. The molecule has 0 aromatic carbocycles. The molecule has 0 saturated carbocycles. The predicted molar refractivity (Wildman–Crippen MR) is 82.8 cm³/mol. The topological polar surface area (TPSA) is 16.1 Å². The molecule has 1 aromatic rings. The van der Waals surface area contributed by atoms with Gasteiger partial charge >= 0.3 is 0 Å². The van der Waals surface area contributed by atoms with Crippen molar-refractivity contribution < 1.29 is 0 Å². The average molecular weight is 352 g/mol. The molecule has 2 heterocycles. The number of nitrogens with zero attached hydrogens (tertiary/aromatic N) is 2. The molecule has 1 fully saturated rings. The van der Waals surface area contributed by atoms with Crippen LogP contribution in [0.2, 0.25) is 0 Å². The lowest BCUT2D eigenvalue weighted by atomic mass is 9.79. The summed E-state index contributed by atoms with van der Waals surface area (Å²) in [4.78, 5) is 8.89. The van der Waals surface area contributed by atoms with Crippen molar-refractivity contribution in [2.45, 2.75) is 45.1 Å². The van der Waals surface area contributed by atoms with E-state index in [-0.39, 0.29) is 12.4 Å². The summed E-state index contributed by atoms with van der Waals surface area (Å²) in [6, 6.07) is 0.795. The van der Waals surface area contributed by atoms with Gasteiger partial charge in [-0.1, -0.05) is 6.92 Å². The third-order valence-corrected chi connectivity index (χ3v) is 5.72. The SMILES string of the molecule is CCCN1CCCC2Cc3nc(Br)sc3CC21.Cl. The minimum atomic E-state index is 0. The number of rotatable bonds is 2. The van der Waals surface area contributed by atoms with E-state index < -0.39 is 0 Å². The van der Waals surface area contributed by atoms with E-state index in [0.29, 0.717) is 0 Å². The van der Waals surface area contributed by atoms with Crippen LogP contribution in [0, 0.1) is 5.92 Å². The second-order valence-corrected chi connectivity index (χ2v) is 7.61. The van der Waals surface area contributed by atoms with E-state index in [1.165, 1.54) is 55.8 Å². The first-order valence-corrected chi connectivity index (χ1v) is 8.27. The van der Waals surface area contributed by atoms with E-state index in [1.807, 2.05) is 11.3 Å². The molecule has 18 heavy (non-hydrogen) atoms. The summed E-state index contributed by atoms with van der Waals surface area (Å²) in [5.74, 6) is 0.858. The maximum absolute atomic E-state index is 4.63. The fraction of sp³-hybridized carbons (Fsp3) is 0.769. The molecule has 0 amide bonds. The second kappa shape index (κ2) is 6.21. The third-order valence-electron chi connectivity index (χ3n) is 4.15. The molecular weight excluding hydrogens is 332 g/mol. The standard InChI is InChI=1S/C13H19BrN2S.ClH/c1-2-5-16-6-3-4-9-7-10-12(8-11(9)16)17-13(14)15-10;/h9,11H,2-8H2,1H3;1H. The van der Waals surface area contributed by atoms with Gasteiger partial charge in [0, 0.05) is 10.9 Å². The van der Waals surface area contributed by atoms with Gasteiger partial charge in [-0.15, -0.1) is 23.7 Å². The highest BCUT2D eigenvalue weighted by atomic mass is 79.9. The molecule has 0 bridgehead atoms. The van der Waals surface area contributed by atoms with E-state index in [2.05, 4.69) is 32.7 Å². The number of hydrogen-bond donors (Lipinski definition) is 0. The van der Waals surface area contributed by atoms with Crippen LogP contribution in [0.3, 0.4) is 0 Å². The van der Waals surface area contributed by atoms with E-state index in [0.717, 1.165) is 15.9 Å². The van der Waals surface area contributed by atoms with Gasteiger partial charge in [0.2, 0.25) is 0 Å². The molecule has 0 spiro atoms. The van der Waals surface area contributed by atoms with Crippen LogP contribution in [-0.4, -0.2) is 29.0 Å². The summed E-state index contributed by atoms with van der Waals surface area (Å²) < 4.78 is 1.07. The molecule has 2 aliphatic rings. The van der Waals surface area contributed by atoms with Gasteiger partial charge in [0.1, 0.15) is 0 Å². The van der Waals surface area contributed by atoms with Crippen LogP contribution in [0.15, 0.2) is 3.92 Å². The number of piperidine rings is 1. The Morgan fingerprint density at radius 3 is 3.06 bits per heavy atom. The Balaban J connectivity index is 0.00000120. The summed E-state index contributed by atoms with van der Waals surface area (Å²) in [5.41, 5.74) is 1.38. The zero-order valence-corrected chi connectivity index (χ0v) is 13.9. The van der Waals surface area contributed by atoms with Crippen molar-refractivity contribution in [1.29, 1.82) is 0 Å². The monoisotopic (exact) mass is 350 g/mol. The first-order valence-electron chi connectivity index (χ1n) is 6.66. The van der Waals surface area contributed by atoms with Crippen molar-refractivity contribution in [3.05, 3.63) is 14.5 Å². The van der Waals surface area contributed by atoms with Crippen LogP contribution in [0.5, 0.6) is 0 Å². The minimum Gasteiger partial charge on any atom is -0.300 e. The first kappa shape index (κ1) is 14.8. The quantitative estimate of drug-likeness (QED) is 0.803. The van der Waals surface area contributed by atoms with Gasteiger partial charge in [-0.3, -0.25) is 4.90 Å². The highest BCUT2D eigenvalue weighted by Crippen LogP contribution is 2.38. The molecule has 1 aliphatic heterocycles. The van der Waals surface area contributed by atoms with E-state index in [1.54, 1.807) is 0 Å². The molecule has 3 rings (SSSR count). The number of fused-ring (bicyclic) bond motifs is 2. The van der Waals surface area contributed by atoms with Gasteiger partial charge in [-0.25, -0.2) is 4.98 Å². The molecule has 2 unspecified atom stereocenters. The average Bonchev–Trinajstić information content (AvgIpc) is 2.66. The van der Waals surface area contributed by atoms with Gasteiger partial charge in [0.15, 0.2) is 3.92 Å². The normalized spacial score (nSPS) is 27.2.